The van der Waals surface area contributed by atoms with Crippen molar-refractivity contribution in [1.29, 1.82) is 0 Å². The summed E-state index contributed by atoms with van der Waals surface area (Å²) < 4.78 is 164. The molecule has 140 valence electrons. The molecule has 0 amide bonds. The van der Waals surface area contributed by atoms with E-state index in [-0.39, 0.29) is 0 Å². The molecule has 0 atom stereocenters. The Morgan fingerprint density at radius 1 is 0.565 bits per heavy atom. The van der Waals surface area contributed by atoms with Crippen LogP contribution in [0.25, 0.3) is 0 Å². The van der Waals surface area contributed by atoms with E-state index in [9.17, 15) is 57.1 Å². The van der Waals surface area contributed by atoms with Gasteiger partial charge in [-0.15, -0.1) is 0 Å². The Balaban J connectivity index is 6.03. The van der Waals surface area contributed by atoms with E-state index in [0.29, 0.717) is 8.93 Å². The third-order valence-corrected chi connectivity index (χ3v) is 4.17. The Hall–Kier alpha value is 0.170. The maximum atomic E-state index is 13.0. The molecule has 0 bridgehead atoms. The van der Waals surface area contributed by atoms with Gasteiger partial charge in [-0.3, -0.25) is 0 Å². The average molecular weight is 506 g/mol. The van der Waals surface area contributed by atoms with E-state index in [1.54, 1.807) is 0 Å². The molecule has 0 aliphatic carbocycles. The van der Waals surface area contributed by atoms with E-state index in [1.807, 2.05) is 0 Å². The molecule has 0 fully saturated rings. The molecule has 0 aromatic rings. The van der Waals surface area contributed by atoms with Gasteiger partial charge in [0.15, 0.2) is 0 Å². The zero-order valence-corrected chi connectivity index (χ0v) is 13.1. The summed E-state index contributed by atoms with van der Waals surface area (Å²) in [5.41, 5.74) is 0. The monoisotopic (exact) mass is 506 g/mol. The van der Waals surface area contributed by atoms with Gasteiger partial charge in [0, 0.05) is 12.2 Å². The minimum atomic E-state index is -7.82. The van der Waals surface area contributed by atoms with E-state index in [1.165, 1.54) is 21.2 Å². The van der Waals surface area contributed by atoms with Crippen molar-refractivity contribution >= 4 is 30.1 Å². The van der Waals surface area contributed by atoms with Crippen molar-refractivity contribution in [2.24, 2.45) is 0 Å². The van der Waals surface area contributed by atoms with Crippen LogP contribution in [0.5, 0.6) is 0 Å². The number of alkyl halides is 13. The highest BCUT2D eigenvalue weighted by atomic mass is 127. The minimum Gasteiger partial charge on any atom is -0.200 e. The Labute approximate surface area is 135 Å². The molecule has 0 saturated carbocycles. The minimum absolute atomic E-state index is 0.369. The highest BCUT2D eigenvalue weighted by molar-refractivity contribution is 14.2. The SMILES string of the molecule is FC(F)(F)C(F)(F)C(F)(F)C(F)(F)C(F)(F)C(F)(F)CCSI. The molecule has 15 heteroatoms. The lowest BCUT2D eigenvalue weighted by atomic mass is 9.93. The molecule has 0 saturated heterocycles. The first kappa shape index (κ1) is 23.2. The first-order valence-corrected chi connectivity index (χ1v) is 8.53. The molecular formula is C8H4F13IS. The maximum Gasteiger partial charge on any atom is 0.460 e. The predicted octanol–water partition coefficient (Wildman–Crippen LogP) is 6.20. The van der Waals surface area contributed by atoms with Gasteiger partial charge in [0.25, 0.3) is 0 Å². The molecule has 0 N–H and O–H groups in total. The van der Waals surface area contributed by atoms with Crippen molar-refractivity contribution < 1.29 is 57.1 Å². The summed E-state index contributed by atoms with van der Waals surface area (Å²) in [6.45, 7) is 0. The first-order chi connectivity index (χ1) is 9.81. The molecule has 0 nitrogen and oxygen atoms in total. The summed E-state index contributed by atoms with van der Waals surface area (Å²) in [5, 5.41) is 0. The van der Waals surface area contributed by atoms with Crippen LogP contribution >= 0.6 is 30.1 Å². The predicted molar refractivity (Wildman–Crippen MR) is 61.9 cm³/mol. The lowest BCUT2D eigenvalue weighted by molar-refractivity contribution is -0.439. The van der Waals surface area contributed by atoms with E-state index in [2.05, 4.69) is 0 Å². The average Bonchev–Trinajstić information content (AvgIpc) is 2.34. The largest absolute Gasteiger partial charge is 0.460 e. The fourth-order valence-corrected chi connectivity index (χ4v) is 2.12. The molecular weight excluding hydrogens is 502 g/mol. The Bertz CT molecular complexity index is 415. The zero-order valence-electron chi connectivity index (χ0n) is 10.1. The maximum absolute atomic E-state index is 13.0. The molecule has 0 aromatic carbocycles. The molecule has 0 aliphatic rings. The molecule has 0 unspecified atom stereocenters. The van der Waals surface area contributed by atoms with Gasteiger partial charge in [-0.1, -0.05) is 8.93 Å². The van der Waals surface area contributed by atoms with E-state index >= 15 is 0 Å². The Kier molecular flexibility index (Phi) is 6.52. The van der Waals surface area contributed by atoms with Crippen LogP contribution in [0.4, 0.5) is 57.1 Å². The molecule has 0 aromatic heterocycles. The van der Waals surface area contributed by atoms with Gasteiger partial charge in [0.05, 0.1) is 0 Å². The van der Waals surface area contributed by atoms with Gasteiger partial charge >= 0.3 is 35.8 Å². The van der Waals surface area contributed by atoms with Crippen molar-refractivity contribution in [2.75, 3.05) is 5.75 Å². The highest BCUT2D eigenvalue weighted by Crippen LogP contribution is 2.60. The van der Waals surface area contributed by atoms with E-state index < -0.39 is 48.0 Å². The third-order valence-electron chi connectivity index (χ3n) is 2.49. The zero-order chi connectivity index (χ0) is 19.1. The molecule has 0 radical (unpaired) electrons. The fourth-order valence-electron chi connectivity index (χ4n) is 1.13. The quantitative estimate of drug-likeness (QED) is 0.293. The molecule has 0 spiro atoms. The van der Waals surface area contributed by atoms with Crippen molar-refractivity contribution in [2.45, 2.75) is 42.2 Å². The standard InChI is InChI=1S/C8H4F13IS/c9-3(10,1-2-23-22)4(11,12)5(13,14)6(15,16)7(17,18)8(19,20)21/h1-2H2. The number of rotatable bonds is 7. The van der Waals surface area contributed by atoms with Crippen molar-refractivity contribution in [3.63, 3.8) is 0 Å². The van der Waals surface area contributed by atoms with Gasteiger partial charge < -0.3 is 0 Å². The molecule has 0 rings (SSSR count). The lowest BCUT2D eigenvalue weighted by Gasteiger charge is -2.39. The number of halogens is 14. The first-order valence-electron chi connectivity index (χ1n) is 5.00. The normalized spacial score (nSPS) is 15.9. The van der Waals surface area contributed by atoms with E-state index in [4.69, 9.17) is 0 Å². The van der Waals surface area contributed by atoms with E-state index in [0.717, 1.165) is 0 Å². The van der Waals surface area contributed by atoms with Gasteiger partial charge in [-0.2, -0.15) is 57.1 Å². The van der Waals surface area contributed by atoms with Crippen molar-refractivity contribution in [3.8, 4) is 0 Å². The van der Waals surface area contributed by atoms with Gasteiger partial charge in [-0.25, -0.2) is 0 Å². The Morgan fingerprint density at radius 2 is 0.913 bits per heavy atom. The molecule has 0 heterocycles. The van der Waals surface area contributed by atoms with Crippen LogP contribution in [0.2, 0.25) is 0 Å². The second-order valence-corrected chi connectivity index (χ2v) is 6.56. The smallest absolute Gasteiger partial charge is 0.200 e. The summed E-state index contributed by atoms with van der Waals surface area (Å²) >= 11 is 1.25. The second-order valence-electron chi connectivity index (χ2n) is 4.06. The second kappa shape index (κ2) is 6.48. The highest BCUT2D eigenvalue weighted by Gasteiger charge is 2.90. The summed E-state index contributed by atoms with van der Waals surface area (Å²) in [5.74, 6) is -37.3. The van der Waals surface area contributed by atoms with Crippen molar-refractivity contribution in [3.05, 3.63) is 0 Å². The van der Waals surface area contributed by atoms with Crippen LogP contribution in [0.3, 0.4) is 0 Å². The van der Waals surface area contributed by atoms with Crippen LogP contribution in [0.1, 0.15) is 6.42 Å². The summed E-state index contributed by atoms with van der Waals surface area (Å²) in [4.78, 5) is 0. The Morgan fingerprint density at radius 3 is 1.22 bits per heavy atom. The van der Waals surface area contributed by atoms with Crippen LogP contribution in [-0.2, 0) is 0 Å². The number of hydrogen-bond donors (Lipinski definition) is 0. The van der Waals surface area contributed by atoms with Gasteiger partial charge in [0.2, 0.25) is 0 Å². The van der Waals surface area contributed by atoms with Crippen LogP contribution in [0, 0.1) is 0 Å². The van der Waals surface area contributed by atoms with Crippen LogP contribution in [0.15, 0.2) is 0 Å². The molecule has 23 heavy (non-hydrogen) atoms. The number of hydrogen-bond acceptors (Lipinski definition) is 1. The van der Waals surface area contributed by atoms with Gasteiger partial charge in [0.1, 0.15) is 0 Å². The lowest BCUT2D eigenvalue weighted by Crippen LogP contribution is -2.70. The summed E-state index contributed by atoms with van der Waals surface area (Å²) in [7, 11) is 0.369. The van der Waals surface area contributed by atoms with Crippen LogP contribution in [-0.4, -0.2) is 41.5 Å². The topological polar surface area (TPSA) is 0 Å². The summed E-state index contributed by atoms with van der Waals surface area (Å²) in [6, 6.07) is 0. The van der Waals surface area contributed by atoms with Gasteiger partial charge in [-0.05, 0) is 21.2 Å². The third kappa shape index (κ3) is 3.58. The fraction of sp³-hybridized carbons (Fsp3) is 1.00. The van der Waals surface area contributed by atoms with Crippen LogP contribution < -0.4 is 0 Å². The van der Waals surface area contributed by atoms with Crippen molar-refractivity contribution in [1.82, 2.24) is 0 Å². The molecule has 0 aliphatic heterocycles. The summed E-state index contributed by atoms with van der Waals surface area (Å²) in [6.07, 6.45) is -9.53.